The van der Waals surface area contributed by atoms with Crippen molar-refractivity contribution >= 4 is 0 Å². The minimum absolute atomic E-state index is 0.0346. The summed E-state index contributed by atoms with van der Waals surface area (Å²) in [4.78, 5) is 0. The van der Waals surface area contributed by atoms with Gasteiger partial charge in [-0.25, -0.2) is 0 Å². The summed E-state index contributed by atoms with van der Waals surface area (Å²) >= 11 is 0. The molecule has 0 bridgehead atoms. The molecule has 0 aliphatic heterocycles. The van der Waals surface area contributed by atoms with Gasteiger partial charge in [0.2, 0.25) is 0 Å². The molecule has 0 radical (unpaired) electrons. The van der Waals surface area contributed by atoms with Crippen LogP contribution in [0.15, 0.2) is 12.1 Å². The van der Waals surface area contributed by atoms with Gasteiger partial charge in [-0.15, -0.1) is 0 Å². The van der Waals surface area contributed by atoms with E-state index in [-0.39, 0.29) is 5.56 Å². The summed E-state index contributed by atoms with van der Waals surface area (Å²) in [6.45, 7) is 0.977. The number of rotatable bonds is 1. The summed E-state index contributed by atoms with van der Waals surface area (Å²) in [6.07, 6.45) is -4.57. The zero-order valence-electron chi connectivity index (χ0n) is 7.89. The third-order valence-corrected chi connectivity index (χ3v) is 2.12. The maximum absolute atomic E-state index is 12.5. The first-order chi connectivity index (χ1) is 6.91. The van der Waals surface area contributed by atoms with Crippen LogP contribution in [0.3, 0.4) is 0 Å². The van der Waals surface area contributed by atoms with Crippen molar-refractivity contribution in [1.82, 2.24) is 0 Å². The van der Waals surface area contributed by atoms with Gasteiger partial charge in [0.05, 0.1) is 17.7 Å². The number of benzene rings is 1. The summed E-state index contributed by atoms with van der Waals surface area (Å²) in [7, 11) is 0. The standard InChI is InChI=1S/C10H8F3NO/c1-6-2-3-9(10(11,12)13)7(4-14)8(6)5-15/h2-3,15H,5H2,1H3. The maximum atomic E-state index is 12.5. The average molecular weight is 215 g/mol. The second kappa shape index (κ2) is 3.91. The van der Waals surface area contributed by atoms with E-state index < -0.39 is 23.9 Å². The van der Waals surface area contributed by atoms with E-state index in [1.807, 2.05) is 0 Å². The van der Waals surface area contributed by atoms with Crippen LogP contribution >= 0.6 is 0 Å². The molecule has 0 unspecified atom stereocenters. The zero-order valence-corrected chi connectivity index (χ0v) is 7.89. The van der Waals surface area contributed by atoms with Gasteiger partial charge in [0.1, 0.15) is 6.07 Å². The van der Waals surface area contributed by atoms with Crippen LogP contribution in [0.2, 0.25) is 0 Å². The SMILES string of the molecule is Cc1ccc(C(F)(F)F)c(C#N)c1CO. The highest BCUT2D eigenvalue weighted by Crippen LogP contribution is 2.34. The second-order valence-corrected chi connectivity index (χ2v) is 3.05. The van der Waals surface area contributed by atoms with Crippen LogP contribution in [0.4, 0.5) is 13.2 Å². The normalized spacial score (nSPS) is 11.2. The molecule has 0 amide bonds. The summed E-state index contributed by atoms with van der Waals surface area (Å²) in [5, 5.41) is 17.6. The zero-order chi connectivity index (χ0) is 11.6. The van der Waals surface area contributed by atoms with Gasteiger partial charge in [0.25, 0.3) is 0 Å². The predicted octanol–water partition coefficient (Wildman–Crippen LogP) is 2.38. The molecular formula is C10H8F3NO. The molecule has 80 valence electrons. The number of nitrogens with zero attached hydrogens (tertiary/aromatic N) is 1. The maximum Gasteiger partial charge on any atom is 0.417 e. The van der Waals surface area contributed by atoms with Gasteiger partial charge in [-0.3, -0.25) is 0 Å². The minimum Gasteiger partial charge on any atom is -0.392 e. The second-order valence-electron chi connectivity index (χ2n) is 3.05. The molecule has 0 aliphatic rings. The number of hydrogen-bond acceptors (Lipinski definition) is 2. The van der Waals surface area contributed by atoms with Crippen LogP contribution in [0, 0.1) is 18.3 Å². The lowest BCUT2D eigenvalue weighted by atomic mass is 9.97. The molecule has 15 heavy (non-hydrogen) atoms. The lowest BCUT2D eigenvalue weighted by Gasteiger charge is -2.12. The predicted molar refractivity (Wildman–Crippen MR) is 46.8 cm³/mol. The largest absolute Gasteiger partial charge is 0.417 e. The topological polar surface area (TPSA) is 44.0 Å². The molecular weight excluding hydrogens is 207 g/mol. The van der Waals surface area contributed by atoms with Crippen molar-refractivity contribution in [2.75, 3.05) is 0 Å². The Morgan fingerprint density at radius 3 is 2.40 bits per heavy atom. The Labute approximate surface area is 84.6 Å². The van der Waals surface area contributed by atoms with Gasteiger partial charge in [-0.1, -0.05) is 6.07 Å². The minimum atomic E-state index is -4.57. The van der Waals surface area contributed by atoms with Gasteiger partial charge >= 0.3 is 6.18 Å². The van der Waals surface area contributed by atoms with E-state index >= 15 is 0 Å². The quantitative estimate of drug-likeness (QED) is 0.781. The number of nitriles is 1. The van der Waals surface area contributed by atoms with Gasteiger partial charge in [0, 0.05) is 0 Å². The smallest absolute Gasteiger partial charge is 0.392 e. The van der Waals surface area contributed by atoms with Crippen LogP contribution in [-0.2, 0) is 12.8 Å². The molecule has 0 saturated heterocycles. The number of aryl methyl sites for hydroxylation is 1. The molecule has 1 aromatic carbocycles. The monoisotopic (exact) mass is 215 g/mol. The molecule has 2 nitrogen and oxygen atoms in total. The molecule has 0 heterocycles. The van der Waals surface area contributed by atoms with E-state index in [1.54, 1.807) is 6.92 Å². The Hall–Kier alpha value is -1.54. The third kappa shape index (κ3) is 2.10. The Morgan fingerprint density at radius 2 is 2.00 bits per heavy atom. The fourth-order valence-corrected chi connectivity index (χ4v) is 1.32. The van der Waals surface area contributed by atoms with E-state index in [0.29, 0.717) is 5.56 Å². The molecule has 1 N–H and O–H groups in total. The van der Waals surface area contributed by atoms with Crippen LogP contribution in [0.1, 0.15) is 22.3 Å². The van der Waals surface area contributed by atoms with Crippen molar-refractivity contribution in [2.45, 2.75) is 19.7 Å². The van der Waals surface area contributed by atoms with E-state index in [2.05, 4.69) is 0 Å². The highest BCUT2D eigenvalue weighted by atomic mass is 19.4. The molecule has 1 aromatic rings. The number of aliphatic hydroxyl groups excluding tert-OH is 1. The van der Waals surface area contributed by atoms with Crippen molar-refractivity contribution in [3.8, 4) is 6.07 Å². The lowest BCUT2D eigenvalue weighted by Crippen LogP contribution is -2.10. The first kappa shape index (κ1) is 11.5. The first-order valence-corrected chi connectivity index (χ1v) is 4.12. The first-order valence-electron chi connectivity index (χ1n) is 4.12. The number of hydrogen-bond donors (Lipinski definition) is 1. The molecule has 0 aromatic heterocycles. The fraction of sp³-hybridized carbons (Fsp3) is 0.300. The van der Waals surface area contributed by atoms with Gasteiger partial charge < -0.3 is 5.11 Å². The third-order valence-electron chi connectivity index (χ3n) is 2.12. The molecule has 0 aliphatic carbocycles. The highest BCUT2D eigenvalue weighted by Gasteiger charge is 2.34. The summed E-state index contributed by atoms with van der Waals surface area (Å²) in [5.74, 6) is 0. The number of halogens is 3. The Kier molecular flexibility index (Phi) is 3.01. The Bertz CT molecular complexity index is 418. The molecule has 0 fully saturated rings. The van der Waals surface area contributed by atoms with Gasteiger partial charge in [-0.05, 0) is 24.1 Å². The van der Waals surface area contributed by atoms with Crippen molar-refractivity contribution in [1.29, 1.82) is 5.26 Å². The number of aliphatic hydroxyl groups is 1. The van der Waals surface area contributed by atoms with Crippen molar-refractivity contribution in [3.05, 3.63) is 34.4 Å². The summed E-state index contributed by atoms with van der Waals surface area (Å²) in [6, 6.07) is 3.58. The lowest BCUT2D eigenvalue weighted by molar-refractivity contribution is -0.137. The van der Waals surface area contributed by atoms with E-state index in [4.69, 9.17) is 10.4 Å². The Balaban J connectivity index is 3.51. The Morgan fingerprint density at radius 1 is 1.40 bits per heavy atom. The molecule has 0 spiro atoms. The number of alkyl halides is 3. The average Bonchev–Trinajstić information content (AvgIpc) is 2.15. The van der Waals surface area contributed by atoms with Crippen molar-refractivity contribution < 1.29 is 18.3 Å². The van der Waals surface area contributed by atoms with E-state index in [9.17, 15) is 13.2 Å². The van der Waals surface area contributed by atoms with Crippen LogP contribution in [-0.4, -0.2) is 5.11 Å². The summed E-state index contributed by atoms with van der Waals surface area (Å²) in [5.41, 5.74) is -0.987. The molecule has 0 atom stereocenters. The van der Waals surface area contributed by atoms with Crippen molar-refractivity contribution in [2.24, 2.45) is 0 Å². The van der Waals surface area contributed by atoms with Crippen LogP contribution in [0.25, 0.3) is 0 Å². The summed E-state index contributed by atoms with van der Waals surface area (Å²) < 4.78 is 37.4. The van der Waals surface area contributed by atoms with Crippen LogP contribution < -0.4 is 0 Å². The van der Waals surface area contributed by atoms with Crippen LogP contribution in [0.5, 0.6) is 0 Å². The highest BCUT2D eigenvalue weighted by molar-refractivity contribution is 5.49. The fourth-order valence-electron chi connectivity index (χ4n) is 1.32. The van der Waals surface area contributed by atoms with E-state index in [0.717, 1.165) is 6.07 Å². The van der Waals surface area contributed by atoms with Gasteiger partial charge in [0.15, 0.2) is 0 Å². The molecule has 1 rings (SSSR count). The van der Waals surface area contributed by atoms with E-state index in [1.165, 1.54) is 12.1 Å². The molecule has 5 heteroatoms. The van der Waals surface area contributed by atoms with Crippen molar-refractivity contribution in [3.63, 3.8) is 0 Å². The van der Waals surface area contributed by atoms with Gasteiger partial charge in [-0.2, -0.15) is 18.4 Å². The molecule has 0 saturated carbocycles.